The number of nitrogens with one attached hydrogen (secondary N) is 8. The molecule has 59 heavy (non-hydrogen) atoms. The van der Waals surface area contributed by atoms with Gasteiger partial charge < -0.3 is 47.5 Å². The Morgan fingerprint density at radius 2 is 1.53 bits per heavy atom. The van der Waals surface area contributed by atoms with Gasteiger partial charge in [-0.3, -0.25) is 34.2 Å². The van der Waals surface area contributed by atoms with Crippen molar-refractivity contribution >= 4 is 52.3 Å². The number of aryl methyl sites for hydroxylation is 1. The Morgan fingerprint density at radius 3 is 2.31 bits per heavy atom. The van der Waals surface area contributed by atoms with Crippen LogP contribution < -0.4 is 37.6 Å². The van der Waals surface area contributed by atoms with Crippen molar-refractivity contribution in [3.63, 3.8) is 0 Å². The molecule has 1 saturated carbocycles. The van der Waals surface area contributed by atoms with Crippen LogP contribution in [0.2, 0.25) is 0 Å². The Hall–Kier alpha value is -5.93. The predicted octanol–water partition coefficient (Wildman–Crippen LogP) is 1.64. The van der Waals surface area contributed by atoms with E-state index in [-0.39, 0.29) is 50.8 Å². The molecule has 2 aliphatic heterocycles. The van der Waals surface area contributed by atoms with E-state index in [1.54, 1.807) is 6.20 Å². The SMILES string of the molecule is N=C(N)NCCC[C@@H]1NC(=O)[C@H](Cc2c[nH]c3ccccc23)NC(=O)[C@@H](CC2CCCCC2)NC(=O)[C@@H]2CCCN2C(=O)[C@@H](NC(=O)CCc2ccccc2)CNC1=O. The lowest BCUT2D eigenvalue weighted by Crippen LogP contribution is -2.61. The summed E-state index contributed by atoms with van der Waals surface area (Å²) in [6, 6.07) is 11.7. The first-order valence-electron chi connectivity index (χ1n) is 21.0. The number of amides is 6. The lowest BCUT2D eigenvalue weighted by Gasteiger charge is -2.32. The van der Waals surface area contributed by atoms with E-state index in [4.69, 9.17) is 11.1 Å². The van der Waals surface area contributed by atoms with Gasteiger partial charge in [0, 0.05) is 49.6 Å². The molecule has 2 aromatic carbocycles. The number of guanidine groups is 1. The lowest BCUT2D eigenvalue weighted by molar-refractivity contribution is -0.142. The number of aromatic amines is 1. The van der Waals surface area contributed by atoms with Crippen molar-refractivity contribution in [2.24, 2.45) is 11.7 Å². The highest BCUT2D eigenvalue weighted by atomic mass is 16.2. The van der Waals surface area contributed by atoms with Gasteiger partial charge in [-0.1, -0.05) is 80.6 Å². The molecule has 6 amide bonds. The van der Waals surface area contributed by atoms with Crippen LogP contribution in [0.4, 0.5) is 0 Å². The Morgan fingerprint density at radius 1 is 0.814 bits per heavy atom. The number of para-hydroxylation sites is 1. The number of carbonyl (C=O) groups excluding carboxylic acids is 6. The standard InChI is InChI=1S/C43H58N10O6/c44-43(45)46-21-9-17-32-38(55)48-26-35(49-37(54)20-19-27-11-3-1-4-12-27)42(59)53-22-10-18-36(53)41(58)52-33(23-28-13-5-2-6-14-28)39(56)51-34(40(57)50-32)24-29-25-47-31-16-8-7-15-30(29)31/h1,3-4,7-8,11-12,15-16,25,28,32-36,47H,2,5-6,9-10,13-14,17-24,26H2,(H,48,55)(H,49,54)(H,50,57)(H,51,56)(H,52,58)(H4,44,45,46)/t32-,33+,34-,35-,36-/m0/s1. The lowest BCUT2D eigenvalue weighted by atomic mass is 9.84. The summed E-state index contributed by atoms with van der Waals surface area (Å²) in [5.41, 5.74) is 8.07. The Bertz CT molecular complexity index is 1960. The molecule has 5 atom stereocenters. The van der Waals surface area contributed by atoms with Crippen molar-refractivity contribution in [1.29, 1.82) is 5.41 Å². The van der Waals surface area contributed by atoms with E-state index in [0.29, 0.717) is 32.1 Å². The zero-order chi connectivity index (χ0) is 41.7. The normalized spacial score (nSPS) is 23.8. The molecular weight excluding hydrogens is 753 g/mol. The second-order valence-corrected chi connectivity index (χ2v) is 16.0. The summed E-state index contributed by atoms with van der Waals surface area (Å²) < 4.78 is 0. The average molecular weight is 811 g/mol. The van der Waals surface area contributed by atoms with Crippen LogP contribution in [0, 0.1) is 11.3 Å². The third kappa shape index (κ3) is 11.8. The highest BCUT2D eigenvalue weighted by molar-refractivity contribution is 5.98. The van der Waals surface area contributed by atoms with Gasteiger partial charge in [0.15, 0.2) is 5.96 Å². The molecule has 10 N–H and O–H groups in total. The van der Waals surface area contributed by atoms with Crippen LogP contribution in [0.3, 0.4) is 0 Å². The molecule has 1 aromatic heterocycles. The number of nitrogens with two attached hydrogens (primary N) is 1. The van der Waals surface area contributed by atoms with Gasteiger partial charge in [0.05, 0.1) is 0 Å². The molecule has 6 rings (SSSR count). The van der Waals surface area contributed by atoms with Gasteiger partial charge >= 0.3 is 0 Å². The van der Waals surface area contributed by atoms with E-state index < -0.39 is 65.7 Å². The van der Waals surface area contributed by atoms with Crippen LogP contribution in [-0.4, -0.2) is 101 Å². The molecule has 3 aromatic rings. The van der Waals surface area contributed by atoms with Crippen molar-refractivity contribution < 1.29 is 28.8 Å². The van der Waals surface area contributed by atoms with Crippen molar-refractivity contribution in [3.8, 4) is 0 Å². The van der Waals surface area contributed by atoms with E-state index in [1.807, 2.05) is 54.6 Å². The Balaban J connectivity index is 1.31. The maximum atomic E-state index is 14.4. The van der Waals surface area contributed by atoms with Crippen LogP contribution >= 0.6 is 0 Å². The average Bonchev–Trinajstić information content (AvgIpc) is 3.90. The van der Waals surface area contributed by atoms with E-state index in [9.17, 15) is 28.8 Å². The van der Waals surface area contributed by atoms with Crippen molar-refractivity contribution in [1.82, 2.24) is 41.8 Å². The number of aromatic nitrogens is 1. The molecule has 2 saturated heterocycles. The molecular formula is C43H58N10O6. The number of hydrogen-bond acceptors (Lipinski definition) is 7. The number of rotatable bonds is 12. The second kappa shape index (κ2) is 20.7. The van der Waals surface area contributed by atoms with Gasteiger partial charge in [0.25, 0.3) is 0 Å². The van der Waals surface area contributed by atoms with Crippen LogP contribution in [0.5, 0.6) is 0 Å². The minimum Gasteiger partial charge on any atom is -0.370 e. The second-order valence-electron chi connectivity index (χ2n) is 16.0. The van der Waals surface area contributed by atoms with Crippen LogP contribution in [0.15, 0.2) is 60.8 Å². The molecule has 16 heteroatoms. The topological polar surface area (TPSA) is 243 Å². The summed E-state index contributed by atoms with van der Waals surface area (Å²) in [6.45, 7) is 0.217. The third-order valence-electron chi connectivity index (χ3n) is 11.7. The molecule has 3 fully saturated rings. The summed E-state index contributed by atoms with van der Waals surface area (Å²) >= 11 is 0. The predicted molar refractivity (Wildman–Crippen MR) is 223 cm³/mol. The summed E-state index contributed by atoms with van der Waals surface area (Å²) in [4.78, 5) is 89.4. The monoisotopic (exact) mass is 810 g/mol. The quantitative estimate of drug-likeness (QED) is 0.0738. The molecule has 316 valence electrons. The van der Waals surface area contributed by atoms with Crippen molar-refractivity contribution in [2.45, 2.75) is 114 Å². The van der Waals surface area contributed by atoms with E-state index in [1.165, 1.54) is 4.90 Å². The molecule has 0 radical (unpaired) electrons. The number of H-pyrrole nitrogens is 1. The molecule has 3 aliphatic rings. The fourth-order valence-electron chi connectivity index (χ4n) is 8.53. The Labute approximate surface area is 344 Å². The molecule has 0 bridgehead atoms. The molecule has 3 heterocycles. The maximum absolute atomic E-state index is 14.4. The van der Waals surface area contributed by atoms with E-state index in [0.717, 1.165) is 54.1 Å². The van der Waals surface area contributed by atoms with Crippen LogP contribution in [0.1, 0.15) is 81.8 Å². The zero-order valence-electron chi connectivity index (χ0n) is 33.5. The first kappa shape index (κ1) is 42.7. The first-order chi connectivity index (χ1) is 28.5. The van der Waals surface area contributed by atoms with Crippen molar-refractivity contribution in [2.75, 3.05) is 19.6 Å². The largest absolute Gasteiger partial charge is 0.370 e. The molecule has 16 nitrogen and oxygen atoms in total. The van der Waals surface area contributed by atoms with E-state index in [2.05, 4.69) is 36.9 Å². The fourth-order valence-corrected chi connectivity index (χ4v) is 8.53. The number of hydrogen-bond donors (Lipinski definition) is 9. The first-order valence-corrected chi connectivity index (χ1v) is 21.0. The minimum atomic E-state index is -1.21. The van der Waals surface area contributed by atoms with Gasteiger partial charge in [-0.15, -0.1) is 0 Å². The summed E-state index contributed by atoms with van der Waals surface area (Å²) in [7, 11) is 0. The highest BCUT2D eigenvalue weighted by Gasteiger charge is 2.40. The highest BCUT2D eigenvalue weighted by Crippen LogP contribution is 2.28. The van der Waals surface area contributed by atoms with Gasteiger partial charge in [-0.25, -0.2) is 0 Å². The zero-order valence-corrected chi connectivity index (χ0v) is 33.5. The third-order valence-corrected chi connectivity index (χ3v) is 11.7. The van der Waals surface area contributed by atoms with Crippen LogP contribution in [-0.2, 0) is 41.6 Å². The summed E-state index contributed by atoms with van der Waals surface area (Å²) in [6.07, 6.45) is 9.10. The Kier molecular flexibility index (Phi) is 14.9. The fraction of sp³-hybridized carbons (Fsp3) is 0.512. The number of fused-ring (bicyclic) bond motifs is 2. The van der Waals surface area contributed by atoms with Gasteiger partial charge in [0.2, 0.25) is 35.4 Å². The molecule has 0 spiro atoms. The smallest absolute Gasteiger partial charge is 0.247 e. The maximum Gasteiger partial charge on any atom is 0.247 e. The molecule has 1 aliphatic carbocycles. The summed E-state index contributed by atoms with van der Waals surface area (Å²) in [5.74, 6) is -3.20. The van der Waals surface area contributed by atoms with Crippen LogP contribution in [0.25, 0.3) is 10.9 Å². The number of nitrogens with zero attached hydrogens (tertiary/aromatic N) is 1. The number of benzene rings is 2. The van der Waals surface area contributed by atoms with Gasteiger partial charge in [-0.05, 0) is 61.6 Å². The minimum absolute atomic E-state index is 0.0866. The van der Waals surface area contributed by atoms with Gasteiger partial charge in [0.1, 0.15) is 30.2 Å². The van der Waals surface area contributed by atoms with E-state index >= 15 is 0 Å². The summed E-state index contributed by atoms with van der Waals surface area (Å²) in [5, 5.41) is 25.5. The molecule has 0 unspecified atom stereocenters. The number of carbonyl (C=O) groups is 6. The van der Waals surface area contributed by atoms with Crippen molar-refractivity contribution in [3.05, 3.63) is 71.9 Å². The van der Waals surface area contributed by atoms with Gasteiger partial charge in [-0.2, -0.15) is 0 Å².